The van der Waals surface area contributed by atoms with Crippen molar-refractivity contribution in [3.05, 3.63) is 52.5 Å². The molecule has 18 heavy (non-hydrogen) atoms. The van der Waals surface area contributed by atoms with Crippen LogP contribution in [0.5, 0.6) is 0 Å². The molecule has 1 unspecified atom stereocenters. The van der Waals surface area contributed by atoms with Crippen molar-refractivity contribution >= 4 is 32.4 Å². The van der Waals surface area contributed by atoms with E-state index in [1.807, 2.05) is 0 Å². The van der Waals surface area contributed by atoms with Crippen LogP contribution in [0.3, 0.4) is 0 Å². The molecule has 0 saturated carbocycles. The van der Waals surface area contributed by atoms with Crippen LogP contribution in [0.1, 0.15) is 5.56 Å². The van der Waals surface area contributed by atoms with E-state index in [9.17, 15) is 8.60 Å². The Morgan fingerprint density at radius 1 is 1.33 bits per heavy atom. The Kier molecular flexibility index (Phi) is 4.08. The van der Waals surface area contributed by atoms with Crippen molar-refractivity contribution in [2.45, 2.75) is 10.6 Å². The molecule has 1 aromatic heterocycles. The van der Waals surface area contributed by atoms with Crippen LogP contribution in [0.15, 0.2) is 46.0 Å². The Labute approximate surface area is 115 Å². The van der Waals surface area contributed by atoms with Crippen LogP contribution >= 0.6 is 15.9 Å². The number of halogens is 2. The van der Waals surface area contributed by atoms with Crippen LogP contribution in [0, 0.1) is 5.82 Å². The Balaban J connectivity index is 2.22. The van der Waals surface area contributed by atoms with Crippen molar-refractivity contribution in [3.8, 4) is 0 Å². The molecule has 1 heterocycles. The number of nitrogens with zero attached hydrogens (tertiary/aromatic N) is 1. The quantitative estimate of drug-likeness (QED) is 0.881. The zero-order valence-electron chi connectivity index (χ0n) is 9.27. The number of pyridine rings is 1. The van der Waals surface area contributed by atoms with Crippen molar-refractivity contribution in [1.29, 1.82) is 0 Å². The molecule has 0 spiro atoms. The highest BCUT2D eigenvalue weighted by Crippen LogP contribution is 2.24. The van der Waals surface area contributed by atoms with Crippen LogP contribution in [0.4, 0.5) is 10.1 Å². The van der Waals surface area contributed by atoms with Crippen molar-refractivity contribution < 1.29 is 8.60 Å². The lowest BCUT2D eigenvalue weighted by atomic mass is 10.3. The van der Waals surface area contributed by atoms with Crippen LogP contribution in [0.2, 0.25) is 0 Å². The fraction of sp³-hybridized carbons (Fsp3) is 0.0833. The molecule has 0 amide bonds. The first-order chi connectivity index (χ1) is 8.56. The van der Waals surface area contributed by atoms with E-state index in [0.29, 0.717) is 20.6 Å². The Hall–Kier alpha value is -1.27. The highest BCUT2D eigenvalue weighted by atomic mass is 79.9. The van der Waals surface area contributed by atoms with Gasteiger partial charge in [-0.1, -0.05) is 0 Å². The summed E-state index contributed by atoms with van der Waals surface area (Å²) in [6.07, 6.45) is 2.62. The molecular weight excluding hydrogens is 319 g/mol. The van der Waals surface area contributed by atoms with E-state index in [2.05, 4.69) is 20.9 Å². The minimum Gasteiger partial charge on any atom is -0.399 e. The molecule has 0 aliphatic carbocycles. The van der Waals surface area contributed by atoms with Gasteiger partial charge in [0.15, 0.2) is 0 Å². The third-order valence-electron chi connectivity index (χ3n) is 2.26. The number of hydrogen-bond donors (Lipinski definition) is 1. The highest BCUT2D eigenvalue weighted by molar-refractivity contribution is 9.10. The standard InChI is InChI=1S/C12H10BrFN2OS/c13-11-4-10(15)1-2-12(11)18(17)7-8-3-9(14)6-16-5-8/h1-6H,7,15H2. The molecule has 2 rings (SSSR count). The number of hydrogen-bond acceptors (Lipinski definition) is 3. The lowest BCUT2D eigenvalue weighted by molar-refractivity contribution is 0.619. The molecule has 0 bridgehead atoms. The minimum absolute atomic E-state index is 0.216. The summed E-state index contributed by atoms with van der Waals surface area (Å²) in [4.78, 5) is 4.36. The number of benzene rings is 1. The van der Waals surface area contributed by atoms with Crippen LogP contribution in [-0.2, 0) is 16.6 Å². The topological polar surface area (TPSA) is 56.0 Å². The SMILES string of the molecule is Nc1ccc(S(=O)Cc2cncc(F)c2)c(Br)c1. The molecule has 0 aliphatic heterocycles. The molecule has 94 valence electrons. The summed E-state index contributed by atoms with van der Waals surface area (Å²) in [6.45, 7) is 0. The van der Waals surface area contributed by atoms with E-state index in [-0.39, 0.29) is 5.75 Å². The monoisotopic (exact) mass is 328 g/mol. The van der Waals surface area contributed by atoms with E-state index in [1.54, 1.807) is 18.2 Å². The predicted octanol–water partition coefficient (Wildman–Crippen LogP) is 2.87. The molecule has 6 heteroatoms. The van der Waals surface area contributed by atoms with Gasteiger partial charge in [-0.3, -0.25) is 9.19 Å². The van der Waals surface area contributed by atoms with Gasteiger partial charge in [0, 0.05) is 16.4 Å². The zero-order valence-corrected chi connectivity index (χ0v) is 11.7. The second kappa shape index (κ2) is 5.58. The van der Waals surface area contributed by atoms with Gasteiger partial charge in [0.25, 0.3) is 0 Å². The maximum atomic E-state index is 13.0. The van der Waals surface area contributed by atoms with Crippen molar-refractivity contribution in [2.75, 3.05) is 5.73 Å². The average molecular weight is 329 g/mol. The van der Waals surface area contributed by atoms with Crippen LogP contribution in [0.25, 0.3) is 0 Å². The fourth-order valence-electron chi connectivity index (χ4n) is 1.47. The van der Waals surface area contributed by atoms with Crippen LogP contribution in [-0.4, -0.2) is 9.19 Å². The number of anilines is 1. The lowest BCUT2D eigenvalue weighted by Gasteiger charge is -2.05. The molecular formula is C12H10BrFN2OS. The van der Waals surface area contributed by atoms with Crippen molar-refractivity contribution in [3.63, 3.8) is 0 Å². The predicted molar refractivity (Wildman–Crippen MR) is 72.9 cm³/mol. The third kappa shape index (κ3) is 3.14. The second-order valence-electron chi connectivity index (χ2n) is 3.69. The van der Waals surface area contributed by atoms with Gasteiger partial charge in [-0.25, -0.2) is 4.39 Å². The van der Waals surface area contributed by atoms with Gasteiger partial charge in [0.05, 0.1) is 27.6 Å². The Morgan fingerprint density at radius 3 is 2.78 bits per heavy atom. The zero-order chi connectivity index (χ0) is 13.1. The lowest BCUT2D eigenvalue weighted by Crippen LogP contribution is -1.99. The van der Waals surface area contributed by atoms with Crippen molar-refractivity contribution in [2.24, 2.45) is 0 Å². The van der Waals surface area contributed by atoms with Gasteiger partial charge in [0.2, 0.25) is 0 Å². The highest BCUT2D eigenvalue weighted by Gasteiger charge is 2.10. The number of rotatable bonds is 3. The third-order valence-corrected chi connectivity index (χ3v) is 4.62. The number of nitrogen functional groups attached to an aromatic ring is 1. The molecule has 1 aromatic carbocycles. The molecule has 1 atom stereocenters. The maximum Gasteiger partial charge on any atom is 0.141 e. The summed E-state index contributed by atoms with van der Waals surface area (Å²) < 4.78 is 25.8. The molecule has 2 aromatic rings. The van der Waals surface area contributed by atoms with Gasteiger partial charge in [-0.05, 0) is 45.8 Å². The summed E-state index contributed by atoms with van der Waals surface area (Å²) in [6, 6.07) is 6.40. The average Bonchev–Trinajstić information content (AvgIpc) is 2.28. The Morgan fingerprint density at radius 2 is 2.11 bits per heavy atom. The van der Waals surface area contributed by atoms with Gasteiger partial charge in [-0.15, -0.1) is 0 Å². The molecule has 0 radical (unpaired) electrons. The largest absolute Gasteiger partial charge is 0.399 e. The number of nitrogens with two attached hydrogens (primary N) is 1. The molecule has 2 N–H and O–H groups in total. The molecule has 0 saturated heterocycles. The summed E-state index contributed by atoms with van der Waals surface area (Å²) in [5.41, 5.74) is 6.80. The van der Waals surface area contributed by atoms with Gasteiger partial charge >= 0.3 is 0 Å². The van der Waals surface area contributed by atoms with E-state index in [4.69, 9.17) is 5.73 Å². The Bertz CT molecular complexity index is 606. The first-order valence-electron chi connectivity index (χ1n) is 5.09. The first kappa shape index (κ1) is 13.2. The minimum atomic E-state index is -1.27. The molecule has 0 fully saturated rings. The van der Waals surface area contributed by atoms with Crippen LogP contribution < -0.4 is 5.73 Å². The van der Waals surface area contributed by atoms with Gasteiger partial charge in [0.1, 0.15) is 5.82 Å². The normalized spacial score (nSPS) is 12.3. The fourth-order valence-corrected chi connectivity index (χ4v) is 3.52. The van der Waals surface area contributed by atoms with E-state index in [0.717, 1.165) is 6.20 Å². The summed E-state index contributed by atoms with van der Waals surface area (Å²) in [5, 5.41) is 0. The van der Waals surface area contributed by atoms with E-state index < -0.39 is 16.6 Å². The maximum absolute atomic E-state index is 13.0. The smallest absolute Gasteiger partial charge is 0.141 e. The second-order valence-corrected chi connectivity index (χ2v) is 5.97. The summed E-state index contributed by atoms with van der Waals surface area (Å²) in [5.74, 6) is -0.214. The van der Waals surface area contributed by atoms with E-state index in [1.165, 1.54) is 12.3 Å². The molecule has 3 nitrogen and oxygen atoms in total. The van der Waals surface area contributed by atoms with Gasteiger partial charge in [-0.2, -0.15) is 0 Å². The van der Waals surface area contributed by atoms with E-state index >= 15 is 0 Å². The summed E-state index contributed by atoms with van der Waals surface area (Å²) in [7, 11) is -1.27. The van der Waals surface area contributed by atoms with Gasteiger partial charge < -0.3 is 5.73 Å². The molecule has 0 aliphatic rings. The first-order valence-corrected chi connectivity index (χ1v) is 7.20. The van der Waals surface area contributed by atoms with Crippen molar-refractivity contribution in [1.82, 2.24) is 4.98 Å². The summed E-state index contributed by atoms with van der Waals surface area (Å²) >= 11 is 3.31. The number of aromatic nitrogens is 1.